The zero-order chi connectivity index (χ0) is 15.6. The number of halogens is 2. The number of anilines is 1. The Morgan fingerprint density at radius 1 is 1.24 bits per heavy atom. The van der Waals surface area contributed by atoms with Crippen molar-refractivity contribution in [2.45, 2.75) is 37.5 Å². The summed E-state index contributed by atoms with van der Waals surface area (Å²) in [6.07, 6.45) is 4.52. The van der Waals surface area contributed by atoms with Crippen molar-refractivity contribution < 1.29 is 8.42 Å². The minimum atomic E-state index is -3.59. The summed E-state index contributed by atoms with van der Waals surface area (Å²) in [6.45, 7) is 2.73. The number of hydrogen-bond donors (Lipinski definition) is 2. The molecule has 3 N–H and O–H groups in total. The predicted octanol–water partition coefficient (Wildman–Crippen LogP) is 3.90. The number of rotatable bonds is 4. The van der Waals surface area contributed by atoms with Crippen molar-refractivity contribution in [1.82, 2.24) is 4.72 Å². The monoisotopic (exact) mass is 438 g/mol. The molecule has 1 aromatic rings. The highest BCUT2D eigenvalue weighted by atomic mass is 79.9. The van der Waals surface area contributed by atoms with Crippen LogP contribution in [0, 0.1) is 11.8 Å². The Morgan fingerprint density at radius 2 is 1.86 bits per heavy atom. The summed E-state index contributed by atoms with van der Waals surface area (Å²) in [5, 5.41) is 0. The molecule has 0 amide bonds. The van der Waals surface area contributed by atoms with Crippen molar-refractivity contribution >= 4 is 47.6 Å². The van der Waals surface area contributed by atoms with Crippen LogP contribution in [0.25, 0.3) is 0 Å². The zero-order valence-corrected chi connectivity index (χ0v) is 15.9. The van der Waals surface area contributed by atoms with Crippen LogP contribution in [0.2, 0.25) is 0 Å². The number of benzene rings is 1. The van der Waals surface area contributed by atoms with Gasteiger partial charge in [0.1, 0.15) is 4.90 Å². The summed E-state index contributed by atoms with van der Waals surface area (Å²) in [5.74, 6) is 1.18. The van der Waals surface area contributed by atoms with Crippen LogP contribution in [0.3, 0.4) is 0 Å². The quantitative estimate of drug-likeness (QED) is 0.698. The third kappa shape index (κ3) is 4.43. The third-order valence-electron chi connectivity index (χ3n) is 4.00. The first-order valence-corrected chi connectivity index (χ1v) is 10.1. The molecule has 0 unspecified atom stereocenters. The Kier molecular flexibility index (Phi) is 5.73. The van der Waals surface area contributed by atoms with Gasteiger partial charge in [-0.3, -0.25) is 0 Å². The van der Waals surface area contributed by atoms with Crippen molar-refractivity contribution in [3.05, 3.63) is 21.1 Å². The van der Waals surface area contributed by atoms with Gasteiger partial charge in [0.05, 0.1) is 5.69 Å². The summed E-state index contributed by atoms with van der Waals surface area (Å²) < 4.78 is 28.8. The van der Waals surface area contributed by atoms with Crippen LogP contribution in [0.4, 0.5) is 5.69 Å². The molecule has 0 bridgehead atoms. The molecule has 2 rings (SSSR count). The van der Waals surface area contributed by atoms with Crippen molar-refractivity contribution in [2.24, 2.45) is 11.8 Å². The maximum atomic E-state index is 12.5. The van der Waals surface area contributed by atoms with Gasteiger partial charge in [-0.25, -0.2) is 13.1 Å². The molecule has 118 valence electrons. The number of nitrogens with one attached hydrogen (secondary N) is 1. The van der Waals surface area contributed by atoms with E-state index in [2.05, 4.69) is 43.5 Å². The van der Waals surface area contributed by atoms with Gasteiger partial charge in [-0.2, -0.15) is 0 Å². The molecular formula is C14H20Br2N2O2S. The molecule has 0 aromatic heterocycles. The number of nitrogens with two attached hydrogens (primary N) is 1. The van der Waals surface area contributed by atoms with E-state index in [1.54, 1.807) is 12.1 Å². The lowest BCUT2D eigenvalue weighted by Crippen LogP contribution is -2.31. The van der Waals surface area contributed by atoms with E-state index in [9.17, 15) is 8.42 Å². The highest BCUT2D eigenvalue weighted by Crippen LogP contribution is 2.32. The molecular weight excluding hydrogens is 420 g/mol. The van der Waals surface area contributed by atoms with Gasteiger partial charge >= 0.3 is 0 Å². The molecule has 1 saturated carbocycles. The van der Waals surface area contributed by atoms with Gasteiger partial charge in [0.15, 0.2) is 0 Å². The number of nitrogen functional groups attached to an aromatic ring is 1. The predicted molar refractivity (Wildman–Crippen MR) is 92.6 cm³/mol. The van der Waals surface area contributed by atoms with Crippen molar-refractivity contribution in [3.63, 3.8) is 0 Å². The third-order valence-corrected chi connectivity index (χ3v) is 6.89. The lowest BCUT2D eigenvalue weighted by atomic mass is 9.83. The van der Waals surface area contributed by atoms with Crippen LogP contribution >= 0.6 is 31.9 Å². The normalized spacial score (nSPS) is 23.2. The molecule has 0 aliphatic heterocycles. The van der Waals surface area contributed by atoms with Crippen molar-refractivity contribution in [1.29, 1.82) is 0 Å². The Bertz CT molecular complexity index is 588. The van der Waals surface area contributed by atoms with E-state index in [-0.39, 0.29) is 10.6 Å². The van der Waals surface area contributed by atoms with Crippen LogP contribution in [0.1, 0.15) is 32.6 Å². The van der Waals surface area contributed by atoms with E-state index in [0.717, 1.165) is 23.2 Å². The second-order valence-electron chi connectivity index (χ2n) is 5.78. The Morgan fingerprint density at radius 3 is 2.43 bits per heavy atom. The molecule has 7 heteroatoms. The summed E-state index contributed by atoms with van der Waals surface area (Å²) in [5.41, 5.74) is 6.09. The topological polar surface area (TPSA) is 72.2 Å². The first-order valence-electron chi connectivity index (χ1n) is 7.04. The SMILES string of the molecule is CC1CCC(CNS(=O)(=O)c2c(N)cc(Br)cc2Br)CC1. The van der Waals surface area contributed by atoms with Crippen LogP contribution in [0.5, 0.6) is 0 Å². The molecule has 0 spiro atoms. The fraction of sp³-hybridized carbons (Fsp3) is 0.571. The Hall–Kier alpha value is -0.110. The summed E-state index contributed by atoms with van der Waals surface area (Å²) in [7, 11) is -3.59. The molecule has 1 aliphatic carbocycles. The fourth-order valence-corrected chi connectivity index (χ4v) is 5.88. The summed E-state index contributed by atoms with van der Waals surface area (Å²) in [4.78, 5) is 0.120. The van der Waals surface area contributed by atoms with E-state index >= 15 is 0 Å². The highest BCUT2D eigenvalue weighted by molar-refractivity contribution is 9.11. The molecule has 0 heterocycles. The minimum absolute atomic E-state index is 0.120. The van der Waals surface area contributed by atoms with Crippen molar-refractivity contribution in [2.75, 3.05) is 12.3 Å². The van der Waals surface area contributed by atoms with Gasteiger partial charge in [0, 0.05) is 15.5 Å². The lowest BCUT2D eigenvalue weighted by Gasteiger charge is -2.26. The standard InChI is InChI=1S/C14H20Br2N2O2S/c1-9-2-4-10(5-3-9)8-18-21(19,20)14-12(16)6-11(15)7-13(14)17/h6-7,9-10,18H,2-5,8,17H2,1H3. The largest absolute Gasteiger partial charge is 0.398 e. The number of sulfonamides is 1. The smallest absolute Gasteiger partial charge is 0.243 e. The Balaban J connectivity index is 2.09. The molecule has 1 aromatic carbocycles. The molecule has 0 radical (unpaired) electrons. The van der Waals surface area contributed by atoms with E-state index in [4.69, 9.17) is 5.73 Å². The highest BCUT2D eigenvalue weighted by Gasteiger charge is 2.24. The van der Waals surface area contributed by atoms with Gasteiger partial charge in [0.25, 0.3) is 0 Å². The molecule has 0 atom stereocenters. The maximum absolute atomic E-state index is 12.5. The maximum Gasteiger partial charge on any atom is 0.243 e. The summed E-state index contributed by atoms with van der Waals surface area (Å²) >= 11 is 6.57. The van der Waals surface area contributed by atoms with Gasteiger partial charge in [0.2, 0.25) is 10.0 Å². The van der Waals surface area contributed by atoms with Gasteiger partial charge < -0.3 is 5.73 Å². The molecule has 0 saturated heterocycles. The lowest BCUT2D eigenvalue weighted by molar-refractivity contribution is 0.290. The number of hydrogen-bond acceptors (Lipinski definition) is 3. The van der Waals surface area contributed by atoms with Crippen molar-refractivity contribution in [3.8, 4) is 0 Å². The molecule has 1 fully saturated rings. The van der Waals surface area contributed by atoms with E-state index in [1.807, 2.05) is 0 Å². The first kappa shape index (κ1) is 17.2. The van der Waals surface area contributed by atoms with E-state index < -0.39 is 10.0 Å². The molecule has 4 nitrogen and oxygen atoms in total. The van der Waals surface area contributed by atoms with Gasteiger partial charge in [-0.1, -0.05) is 35.7 Å². The Labute approximate surface area is 143 Å². The molecule has 21 heavy (non-hydrogen) atoms. The zero-order valence-electron chi connectivity index (χ0n) is 11.9. The average Bonchev–Trinajstić information content (AvgIpc) is 2.36. The summed E-state index contributed by atoms with van der Waals surface area (Å²) in [6, 6.07) is 3.29. The molecule has 1 aliphatic rings. The van der Waals surface area contributed by atoms with Crippen LogP contribution in [-0.4, -0.2) is 15.0 Å². The second-order valence-corrected chi connectivity index (χ2v) is 9.26. The average molecular weight is 440 g/mol. The fourth-order valence-electron chi connectivity index (χ4n) is 2.70. The van der Waals surface area contributed by atoms with E-state index in [1.165, 1.54) is 12.8 Å². The van der Waals surface area contributed by atoms with Gasteiger partial charge in [-0.15, -0.1) is 0 Å². The second kappa shape index (κ2) is 6.98. The van der Waals surface area contributed by atoms with Crippen LogP contribution in [-0.2, 0) is 10.0 Å². The first-order chi connectivity index (χ1) is 9.79. The van der Waals surface area contributed by atoms with Gasteiger partial charge in [-0.05, 0) is 52.7 Å². The van der Waals surface area contributed by atoms with Crippen LogP contribution in [0.15, 0.2) is 26.0 Å². The van der Waals surface area contributed by atoms with E-state index in [0.29, 0.717) is 16.9 Å². The van der Waals surface area contributed by atoms with Crippen LogP contribution < -0.4 is 10.5 Å². The minimum Gasteiger partial charge on any atom is -0.398 e.